The maximum Gasteiger partial charge on any atom is 0.311 e. The summed E-state index contributed by atoms with van der Waals surface area (Å²) in [6.07, 6.45) is 1.88. The lowest BCUT2D eigenvalue weighted by atomic mass is 10.2. The largest absolute Gasteiger partial charge is 0.431 e. The van der Waals surface area contributed by atoms with Crippen LogP contribution in [0.15, 0.2) is 30.5 Å². The van der Waals surface area contributed by atoms with Crippen molar-refractivity contribution in [3.05, 3.63) is 57.5 Å². The highest BCUT2D eigenvalue weighted by atomic mass is 19.1. The molecular formula is C13H9FN2O4. The third-order valence-corrected chi connectivity index (χ3v) is 2.51. The summed E-state index contributed by atoms with van der Waals surface area (Å²) in [6.45, 7) is 1.63. The zero-order valence-electron chi connectivity index (χ0n) is 10.4. The topological polar surface area (TPSA) is 82.3 Å². The highest BCUT2D eigenvalue weighted by Gasteiger charge is 2.18. The zero-order valence-corrected chi connectivity index (χ0v) is 10.4. The number of nitrogens with zero attached hydrogens (tertiary/aromatic N) is 2. The number of halogens is 1. The van der Waals surface area contributed by atoms with Crippen molar-refractivity contribution >= 4 is 12.0 Å². The fourth-order valence-electron chi connectivity index (χ4n) is 1.58. The first-order chi connectivity index (χ1) is 9.51. The number of ether oxygens (including phenoxy) is 1. The maximum absolute atomic E-state index is 13.2. The molecule has 102 valence electrons. The van der Waals surface area contributed by atoms with Crippen LogP contribution in [0.5, 0.6) is 11.6 Å². The Bertz CT molecular complexity index is 688. The SMILES string of the molecule is Cc1cc(C=O)cnc1Oc1cc(F)ccc1[N+](=O)[O-]. The van der Waals surface area contributed by atoms with Gasteiger partial charge in [-0.1, -0.05) is 0 Å². The number of nitro benzene ring substituents is 1. The van der Waals surface area contributed by atoms with Crippen molar-refractivity contribution in [1.29, 1.82) is 0 Å². The molecule has 0 atom stereocenters. The molecular weight excluding hydrogens is 267 g/mol. The van der Waals surface area contributed by atoms with Crippen LogP contribution in [0.1, 0.15) is 15.9 Å². The van der Waals surface area contributed by atoms with Crippen molar-refractivity contribution in [3.8, 4) is 11.6 Å². The predicted octanol–water partition coefficient (Wildman–Crippen LogP) is 3.04. The van der Waals surface area contributed by atoms with Crippen LogP contribution >= 0.6 is 0 Å². The molecule has 2 rings (SSSR count). The second-order valence-electron chi connectivity index (χ2n) is 3.98. The van der Waals surface area contributed by atoms with E-state index in [0.29, 0.717) is 17.4 Å². The molecule has 6 nitrogen and oxygen atoms in total. The van der Waals surface area contributed by atoms with Gasteiger partial charge in [-0.25, -0.2) is 9.37 Å². The molecule has 7 heteroatoms. The summed E-state index contributed by atoms with van der Waals surface area (Å²) in [4.78, 5) is 24.6. The number of aromatic nitrogens is 1. The summed E-state index contributed by atoms with van der Waals surface area (Å²) in [5.41, 5.74) is 0.490. The van der Waals surface area contributed by atoms with Crippen LogP contribution in [0.3, 0.4) is 0 Å². The monoisotopic (exact) mass is 276 g/mol. The number of nitro groups is 1. The standard InChI is InChI=1S/C13H9FN2O4/c1-8-4-9(7-17)6-15-13(8)20-12-5-10(14)2-3-11(12)16(18)19/h2-7H,1H3. The van der Waals surface area contributed by atoms with Crippen molar-refractivity contribution < 1.29 is 18.8 Å². The van der Waals surface area contributed by atoms with Crippen LogP contribution in [-0.4, -0.2) is 16.2 Å². The summed E-state index contributed by atoms with van der Waals surface area (Å²) < 4.78 is 18.4. The first kappa shape index (κ1) is 13.6. The Balaban J connectivity index is 2.41. The van der Waals surface area contributed by atoms with E-state index in [1.807, 2.05) is 0 Å². The van der Waals surface area contributed by atoms with Crippen molar-refractivity contribution in [2.75, 3.05) is 0 Å². The fraction of sp³-hybridized carbons (Fsp3) is 0.0769. The predicted molar refractivity (Wildman–Crippen MR) is 67.5 cm³/mol. The molecule has 0 bridgehead atoms. The van der Waals surface area contributed by atoms with Gasteiger partial charge in [0.25, 0.3) is 0 Å². The molecule has 0 unspecified atom stereocenters. The van der Waals surface area contributed by atoms with Crippen LogP contribution in [0.4, 0.5) is 10.1 Å². The summed E-state index contributed by atoms with van der Waals surface area (Å²) in [6, 6.07) is 4.41. The van der Waals surface area contributed by atoms with Gasteiger partial charge in [-0.2, -0.15) is 0 Å². The molecule has 0 N–H and O–H groups in total. The average Bonchev–Trinajstić information content (AvgIpc) is 2.40. The molecule has 20 heavy (non-hydrogen) atoms. The van der Waals surface area contributed by atoms with Crippen molar-refractivity contribution in [1.82, 2.24) is 4.98 Å². The third kappa shape index (κ3) is 2.77. The van der Waals surface area contributed by atoms with E-state index in [1.54, 1.807) is 6.92 Å². The summed E-state index contributed by atoms with van der Waals surface area (Å²) >= 11 is 0. The third-order valence-electron chi connectivity index (χ3n) is 2.51. The van der Waals surface area contributed by atoms with E-state index in [1.165, 1.54) is 12.3 Å². The van der Waals surface area contributed by atoms with Crippen LogP contribution in [-0.2, 0) is 0 Å². The quantitative estimate of drug-likeness (QED) is 0.487. The molecule has 0 saturated carbocycles. The van der Waals surface area contributed by atoms with E-state index in [4.69, 9.17) is 4.74 Å². The molecule has 2 aromatic rings. The van der Waals surface area contributed by atoms with E-state index >= 15 is 0 Å². The highest BCUT2D eigenvalue weighted by Crippen LogP contribution is 2.32. The number of aldehydes is 1. The number of hydrogen-bond acceptors (Lipinski definition) is 5. The highest BCUT2D eigenvalue weighted by molar-refractivity contribution is 5.74. The number of carbonyl (C=O) groups excluding carboxylic acids is 1. The van der Waals surface area contributed by atoms with Crippen LogP contribution in [0, 0.1) is 22.9 Å². The number of hydrogen-bond donors (Lipinski definition) is 0. The minimum atomic E-state index is -0.677. The minimum Gasteiger partial charge on any atom is -0.431 e. The molecule has 1 aromatic carbocycles. The van der Waals surface area contributed by atoms with Gasteiger partial charge < -0.3 is 4.74 Å². The van der Waals surface area contributed by atoms with Crippen molar-refractivity contribution in [3.63, 3.8) is 0 Å². The average molecular weight is 276 g/mol. The lowest BCUT2D eigenvalue weighted by molar-refractivity contribution is -0.385. The Morgan fingerprint density at radius 3 is 2.75 bits per heavy atom. The van der Waals surface area contributed by atoms with E-state index < -0.39 is 10.7 Å². The zero-order chi connectivity index (χ0) is 14.7. The molecule has 0 saturated heterocycles. The fourth-order valence-corrected chi connectivity index (χ4v) is 1.58. The maximum atomic E-state index is 13.2. The Morgan fingerprint density at radius 2 is 2.15 bits per heavy atom. The van der Waals surface area contributed by atoms with Crippen molar-refractivity contribution in [2.45, 2.75) is 6.92 Å². The Morgan fingerprint density at radius 1 is 1.40 bits per heavy atom. The molecule has 0 radical (unpaired) electrons. The molecule has 0 aliphatic heterocycles. The lowest BCUT2D eigenvalue weighted by Gasteiger charge is -2.08. The first-order valence-corrected chi connectivity index (χ1v) is 5.55. The Labute approximate surface area is 113 Å². The van der Waals surface area contributed by atoms with Crippen LogP contribution < -0.4 is 4.74 Å². The molecule has 0 amide bonds. The van der Waals surface area contributed by atoms with Gasteiger partial charge in [-0.05, 0) is 19.1 Å². The van der Waals surface area contributed by atoms with E-state index in [2.05, 4.69) is 4.98 Å². The number of carbonyl (C=O) groups is 1. The Hall–Kier alpha value is -2.83. The smallest absolute Gasteiger partial charge is 0.311 e. The Kier molecular flexibility index (Phi) is 3.69. The second kappa shape index (κ2) is 5.43. The summed E-state index contributed by atoms with van der Waals surface area (Å²) in [5.74, 6) is -0.832. The number of benzene rings is 1. The minimum absolute atomic E-state index is 0.0734. The molecule has 0 fully saturated rings. The van der Waals surface area contributed by atoms with Gasteiger partial charge in [0.1, 0.15) is 5.82 Å². The lowest BCUT2D eigenvalue weighted by Crippen LogP contribution is -1.97. The van der Waals surface area contributed by atoms with E-state index in [0.717, 1.165) is 18.2 Å². The molecule has 1 heterocycles. The normalized spacial score (nSPS) is 10.1. The molecule has 0 aliphatic rings. The van der Waals surface area contributed by atoms with Gasteiger partial charge >= 0.3 is 5.69 Å². The number of pyridine rings is 1. The van der Waals surface area contributed by atoms with Gasteiger partial charge in [0.15, 0.2) is 6.29 Å². The van der Waals surface area contributed by atoms with Gasteiger partial charge in [-0.3, -0.25) is 14.9 Å². The molecule has 0 aliphatic carbocycles. The number of rotatable bonds is 4. The second-order valence-corrected chi connectivity index (χ2v) is 3.98. The van der Waals surface area contributed by atoms with E-state index in [9.17, 15) is 19.3 Å². The van der Waals surface area contributed by atoms with Crippen LogP contribution in [0.25, 0.3) is 0 Å². The van der Waals surface area contributed by atoms with Gasteiger partial charge in [-0.15, -0.1) is 0 Å². The first-order valence-electron chi connectivity index (χ1n) is 5.55. The summed E-state index contributed by atoms with van der Waals surface area (Å²) in [5, 5.41) is 10.8. The van der Waals surface area contributed by atoms with Gasteiger partial charge in [0, 0.05) is 29.5 Å². The van der Waals surface area contributed by atoms with Gasteiger partial charge in [0.2, 0.25) is 11.6 Å². The van der Waals surface area contributed by atoms with Gasteiger partial charge in [0.05, 0.1) is 4.92 Å². The number of aryl methyl sites for hydroxylation is 1. The van der Waals surface area contributed by atoms with Crippen molar-refractivity contribution in [2.24, 2.45) is 0 Å². The summed E-state index contributed by atoms with van der Waals surface area (Å²) in [7, 11) is 0. The molecule has 1 aromatic heterocycles. The van der Waals surface area contributed by atoms with E-state index in [-0.39, 0.29) is 17.3 Å². The molecule has 0 spiro atoms. The van der Waals surface area contributed by atoms with Crippen LogP contribution in [0.2, 0.25) is 0 Å².